The number of anilines is 2. The van der Waals surface area contributed by atoms with Crippen molar-refractivity contribution in [2.24, 2.45) is 0 Å². The zero-order chi connectivity index (χ0) is 18.0. The summed E-state index contributed by atoms with van der Waals surface area (Å²) in [6.07, 6.45) is -2.78. The van der Waals surface area contributed by atoms with Crippen molar-refractivity contribution in [3.05, 3.63) is 47.8 Å². The molecule has 25 heavy (non-hydrogen) atoms. The van der Waals surface area contributed by atoms with Gasteiger partial charge in [0.15, 0.2) is 5.82 Å². The fourth-order valence-corrected chi connectivity index (χ4v) is 2.13. The van der Waals surface area contributed by atoms with E-state index in [1.165, 1.54) is 28.9 Å². The number of hydrogen-bond donors (Lipinski definition) is 3. The van der Waals surface area contributed by atoms with E-state index in [9.17, 15) is 18.0 Å². The minimum atomic E-state index is -4.38. The van der Waals surface area contributed by atoms with Crippen molar-refractivity contribution in [2.45, 2.75) is 12.7 Å². The van der Waals surface area contributed by atoms with E-state index in [2.05, 4.69) is 25.8 Å². The number of carbonyl (C=O) groups is 1. The van der Waals surface area contributed by atoms with Crippen LogP contribution in [0.5, 0.6) is 0 Å². The summed E-state index contributed by atoms with van der Waals surface area (Å²) in [6, 6.07) is 4.71. The van der Waals surface area contributed by atoms with Gasteiger partial charge < -0.3 is 10.4 Å². The molecule has 0 unspecified atom stereocenters. The normalized spacial score (nSPS) is 11.5. The second-order valence-corrected chi connectivity index (χ2v) is 4.97. The number of amides is 1. The molecule has 0 aliphatic heterocycles. The molecule has 1 amide bonds. The van der Waals surface area contributed by atoms with Crippen LogP contribution in [0.15, 0.2) is 36.7 Å². The van der Waals surface area contributed by atoms with Crippen molar-refractivity contribution in [1.29, 1.82) is 0 Å². The van der Waals surface area contributed by atoms with Crippen LogP contribution in [0.4, 0.5) is 29.7 Å². The molecular formula is C14H11F3N6O2. The maximum Gasteiger partial charge on any atom is 0.416 e. The highest BCUT2D eigenvalue weighted by atomic mass is 19.4. The molecular weight excluding hydrogens is 341 g/mol. The summed E-state index contributed by atoms with van der Waals surface area (Å²) >= 11 is 0. The third-order valence-corrected chi connectivity index (χ3v) is 3.29. The Morgan fingerprint density at radius 1 is 1.20 bits per heavy atom. The molecule has 3 rings (SSSR count). The van der Waals surface area contributed by atoms with Gasteiger partial charge in [-0.2, -0.15) is 13.2 Å². The van der Waals surface area contributed by atoms with E-state index in [0.29, 0.717) is 11.4 Å². The van der Waals surface area contributed by atoms with Gasteiger partial charge in [-0.15, -0.1) is 10.2 Å². The van der Waals surface area contributed by atoms with Gasteiger partial charge in [0.05, 0.1) is 5.56 Å². The average Bonchev–Trinajstić information content (AvgIpc) is 2.95. The Kier molecular flexibility index (Phi) is 4.13. The lowest BCUT2D eigenvalue weighted by atomic mass is 10.1. The number of fused-ring (bicyclic) bond motifs is 1. The summed E-state index contributed by atoms with van der Waals surface area (Å²) in [4.78, 5) is 14.8. The van der Waals surface area contributed by atoms with Gasteiger partial charge in [0.25, 0.3) is 0 Å². The topological polar surface area (TPSA) is 104 Å². The molecule has 0 saturated heterocycles. The zero-order valence-electron chi connectivity index (χ0n) is 12.4. The van der Waals surface area contributed by atoms with Gasteiger partial charge in [-0.05, 0) is 17.7 Å². The van der Waals surface area contributed by atoms with Crippen LogP contribution in [0.3, 0.4) is 0 Å². The van der Waals surface area contributed by atoms with Gasteiger partial charge in [0.2, 0.25) is 11.6 Å². The highest BCUT2D eigenvalue weighted by Crippen LogP contribution is 2.29. The number of alkyl halides is 3. The predicted molar refractivity (Wildman–Crippen MR) is 81.2 cm³/mol. The standard InChI is InChI=1S/C14H11F3N6O2/c15-14(16,17)9-3-1-8(2-4-9)7-19-10-11-21-22-12(20-13(24)25)23(11)6-5-18-10/h1-6H,7H2,(H,18,19)(H,20,22)(H,24,25). The predicted octanol–water partition coefficient (Wildman–Crippen LogP) is 2.85. The fraction of sp³-hybridized carbons (Fsp3) is 0.143. The van der Waals surface area contributed by atoms with E-state index < -0.39 is 17.8 Å². The molecule has 2 heterocycles. The Labute approximate surface area is 138 Å². The average molecular weight is 352 g/mol. The zero-order valence-corrected chi connectivity index (χ0v) is 12.4. The summed E-state index contributed by atoms with van der Waals surface area (Å²) in [6.45, 7) is 0.208. The first-order valence-corrected chi connectivity index (χ1v) is 6.94. The first-order chi connectivity index (χ1) is 11.8. The Morgan fingerprint density at radius 2 is 1.92 bits per heavy atom. The SMILES string of the molecule is O=C(O)Nc1nnc2c(NCc3ccc(C(F)(F)F)cc3)nccn12. The number of nitrogens with zero attached hydrogens (tertiary/aromatic N) is 4. The van der Waals surface area contributed by atoms with E-state index in [4.69, 9.17) is 5.11 Å². The monoisotopic (exact) mass is 352 g/mol. The molecule has 0 bridgehead atoms. The number of carboxylic acid groups (broad SMARTS) is 1. The molecule has 3 N–H and O–H groups in total. The lowest BCUT2D eigenvalue weighted by molar-refractivity contribution is -0.137. The Bertz CT molecular complexity index is 907. The summed E-state index contributed by atoms with van der Waals surface area (Å²) in [5, 5.41) is 21.3. The van der Waals surface area contributed by atoms with Crippen LogP contribution >= 0.6 is 0 Å². The van der Waals surface area contributed by atoms with Crippen molar-refractivity contribution in [1.82, 2.24) is 19.6 Å². The quantitative estimate of drug-likeness (QED) is 0.667. The van der Waals surface area contributed by atoms with Crippen LogP contribution < -0.4 is 10.6 Å². The van der Waals surface area contributed by atoms with Crippen LogP contribution in [0.2, 0.25) is 0 Å². The fourth-order valence-electron chi connectivity index (χ4n) is 2.13. The largest absolute Gasteiger partial charge is 0.465 e. The molecule has 0 aliphatic carbocycles. The minimum absolute atomic E-state index is 0.00230. The minimum Gasteiger partial charge on any atom is -0.465 e. The molecule has 11 heteroatoms. The molecule has 0 radical (unpaired) electrons. The van der Waals surface area contributed by atoms with E-state index in [0.717, 1.165) is 12.1 Å². The van der Waals surface area contributed by atoms with E-state index in [1.54, 1.807) is 0 Å². The smallest absolute Gasteiger partial charge is 0.416 e. The van der Waals surface area contributed by atoms with Crippen molar-refractivity contribution < 1.29 is 23.1 Å². The number of aromatic nitrogens is 4. The van der Waals surface area contributed by atoms with Gasteiger partial charge in [-0.3, -0.25) is 9.72 Å². The molecule has 0 aliphatic rings. The van der Waals surface area contributed by atoms with E-state index >= 15 is 0 Å². The third kappa shape index (κ3) is 3.59. The highest BCUT2D eigenvalue weighted by molar-refractivity contribution is 5.81. The second kappa shape index (κ2) is 6.26. The van der Waals surface area contributed by atoms with Crippen LogP contribution in [0.25, 0.3) is 5.65 Å². The lowest BCUT2D eigenvalue weighted by Gasteiger charge is -2.09. The Balaban J connectivity index is 1.77. The Morgan fingerprint density at radius 3 is 2.56 bits per heavy atom. The molecule has 3 aromatic rings. The van der Waals surface area contributed by atoms with E-state index in [1.807, 2.05) is 0 Å². The van der Waals surface area contributed by atoms with Gasteiger partial charge in [0, 0.05) is 18.9 Å². The second-order valence-electron chi connectivity index (χ2n) is 4.97. The maximum absolute atomic E-state index is 12.5. The van der Waals surface area contributed by atoms with Gasteiger partial charge >= 0.3 is 12.3 Å². The van der Waals surface area contributed by atoms with Crippen molar-refractivity contribution >= 4 is 23.5 Å². The highest BCUT2D eigenvalue weighted by Gasteiger charge is 2.29. The van der Waals surface area contributed by atoms with Gasteiger partial charge in [0.1, 0.15) is 0 Å². The van der Waals surface area contributed by atoms with Crippen molar-refractivity contribution in [2.75, 3.05) is 10.6 Å². The molecule has 0 spiro atoms. The molecule has 0 atom stereocenters. The maximum atomic E-state index is 12.5. The van der Waals surface area contributed by atoms with Gasteiger partial charge in [-0.1, -0.05) is 12.1 Å². The number of rotatable bonds is 4. The lowest BCUT2D eigenvalue weighted by Crippen LogP contribution is -2.10. The van der Waals surface area contributed by atoms with Crippen LogP contribution in [0.1, 0.15) is 11.1 Å². The van der Waals surface area contributed by atoms with Gasteiger partial charge in [-0.25, -0.2) is 9.78 Å². The molecule has 0 fully saturated rings. The Hall–Kier alpha value is -3.37. The molecule has 2 aromatic heterocycles. The molecule has 130 valence electrons. The number of halogens is 3. The molecule has 0 saturated carbocycles. The molecule has 1 aromatic carbocycles. The van der Waals surface area contributed by atoms with Crippen LogP contribution in [-0.4, -0.2) is 30.8 Å². The number of benzene rings is 1. The number of nitrogens with one attached hydrogen (secondary N) is 2. The first kappa shape index (κ1) is 16.5. The summed E-state index contributed by atoms with van der Waals surface area (Å²) in [7, 11) is 0. The summed E-state index contributed by atoms with van der Waals surface area (Å²) in [5.41, 5.74) is 0.164. The van der Waals surface area contributed by atoms with E-state index in [-0.39, 0.29) is 18.1 Å². The first-order valence-electron chi connectivity index (χ1n) is 6.94. The van der Waals surface area contributed by atoms with Crippen LogP contribution in [0, 0.1) is 0 Å². The van der Waals surface area contributed by atoms with Crippen molar-refractivity contribution in [3.8, 4) is 0 Å². The van der Waals surface area contributed by atoms with Crippen LogP contribution in [-0.2, 0) is 12.7 Å². The molecule has 8 nitrogen and oxygen atoms in total. The summed E-state index contributed by atoms with van der Waals surface area (Å²) < 4.78 is 39.0. The summed E-state index contributed by atoms with van der Waals surface area (Å²) in [5.74, 6) is 0.316. The van der Waals surface area contributed by atoms with Crippen molar-refractivity contribution in [3.63, 3.8) is 0 Å². The third-order valence-electron chi connectivity index (χ3n) is 3.29. The number of hydrogen-bond acceptors (Lipinski definition) is 5.